The predicted molar refractivity (Wildman–Crippen MR) is 36.5 cm³/mol. The smallest absolute Gasteiger partial charge is 1.00 e. The molecule has 9 heteroatoms. The van der Waals surface area contributed by atoms with E-state index in [1.54, 1.807) is 0 Å². The summed E-state index contributed by atoms with van der Waals surface area (Å²) in [4.78, 5) is 0. The van der Waals surface area contributed by atoms with Crippen LogP contribution in [-0.4, -0.2) is 56.0 Å². The molecule has 0 rings (SSSR count). The van der Waals surface area contributed by atoms with E-state index in [1.807, 2.05) is 0 Å². The van der Waals surface area contributed by atoms with Gasteiger partial charge in [0.2, 0.25) is 0 Å². The standard InChI is InChI=1S/BH3O3.4B.Na.H/c2-1(3)4;;;;;;/h2-4H;;;;;;/q;;;;;+1;-1. The molecule has 0 aliphatic carbocycles. The van der Waals surface area contributed by atoms with Crippen LogP contribution in [0.2, 0.25) is 0 Å². The van der Waals surface area contributed by atoms with Gasteiger partial charge in [-0.2, -0.15) is 0 Å². The molecule has 0 aromatic rings. The Balaban J connectivity index is -0.00000000300. The molecule has 0 atom stereocenters. The molecule has 0 unspecified atom stereocenters. The first-order valence-corrected chi connectivity index (χ1v) is 0.775. The van der Waals surface area contributed by atoms with Crippen molar-refractivity contribution in [2.24, 2.45) is 0 Å². The van der Waals surface area contributed by atoms with Crippen LogP contribution in [0.3, 0.4) is 0 Å². The average Bonchev–Trinajstić information content (AvgIpc) is 0.811. The Labute approximate surface area is 86.9 Å². The molecule has 3 nitrogen and oxygen atoms in total. The first kappa shape index (κ1) is 48.9. The van der Waals surface area contributed by atoms with Crippen molar-refractivity contribution in [2.75, 3.05) is 0 Å². The molecule has 9 heavy (non-hydrogen) atoms. The summed E-state index contributed by atoms with van der Waals surface area (Å²) in [6.45, 7) is 0. The van der Waals surface area contributed by atoms with E-state index in [0.29, 0.717) is 0 Å². The molecule has 0 aromatic carbocycles. The van der Waals surface area contributed by atoms with Crippen LogP contribution < -0.4 is 29.6 Å². The van der Waals surface area contributed by atoms with Crippen LogP contribution in [0, 0.1) is 0 Å². The van der Waals surface area contributed by atoms with Gasteiger partial charge in [0.05, 0.1) is 0 Å². The van der Waals surface area contributed by atoms with Crippen molar-refractivity contribution in [1.29, 1.82) is 0 Å². The molecule has 0 fully saturated rings. The second-order valence-electron chi connectivity index (χ2n) is 0.346. The number of hydrogen-bond acceptors (Lipinski definition) is 3. The maximum atomic E-state index is 7.17. The molecule has 0 spiro atoms. The second-order valence-corrected chi connectivity index (χ2v) is 0.346. The summed E-state index contributed by atoms with van der Waals surface area (Å²) >= 11 is 0. The summed E-state index contributed by atoms with van der Waals surface area (Å²) in [6.07, 6.45) is 0. The average molecular weight is 129 g/mol. The molecule has 0 saturated carbocycles. The molecule has 0 aliphatic rings. The van der Waals surface area contributed by atoms with Crippen LogP contribution in [0.15, 0.2) is 0 Å². The largest absolute Gasteiger partial charge is 1.00 e. The van der Waals surface area contributed by atoms with Gasteiger partial charge < -0.3 is 16.5 Å². The Morgan fingerprint density at radius 3 is 0.778 bits per heavy atom. The summed E-state index contributed by atoms with van der Waals surface area (Å²) in [5.74, 6) is 0. The molecule has 0 saturated heterocycles. The Kier molecular flexibility index (Phi) is 190. The summed E-state index contributed by atoms with van der Waals surface area (Å²) < 4.78 is 0. The van der Waals surface area contributed by atoms with E-state index in [2.05, 4.69) is 0 Å². The van der Waals surface area contributed by atoms with Gasteiger partial charge in [-0.15, -0.1) is 0 Å². The molecule has 12 radical (unpaired) electrons. The quantitative estimate of drug-likeness (QED) is 0.285. The van der Waals surface area contributed by atoms with E-state index in [-0.39, 0.29) is 64.6 Å². The van der Waals surface area contributed by atoms with E-state index in [4.69, 9.17) is 15.1 Å². The van der Waals surface area contributed by atoms with Crippen molar-refractivity contribution in [1.82, 2.24) is 0 Å². The molecule has 0 amide bonds. The molecule has 3 N–H and O–H groups in total. The van der Waals surface area contributed by atoms with E-state index in [1.165, 1.54) is 0 Å². The topological polar surface area (TPSA) is 60.7 Å². The van der Waals surface area contributed by atoms with Gasteiger partial charge in [0.1, 0.15) is 0 Å². The third-order valence-corrected chi connectivity index (χ3v) is 0. The van der Waals surface area contributed by atoms with Gasteiger partial charge in [0.25, 0.3) is 0 Å². The fraction of sp³-hybridized carbons (Fsp3) is 0. The Morgan fingerprint density at radius 1 is 0.778 bits per heavy atom. The van der Waals surface area contributed by atoms with Gasteiger partial charge in [0, 0.05) is 33.7 Å². The fourth-order valence-electron chi connectivity index (χ4n) is 0. The molecule has 0 aliphatic heterocycles. The van der Waals surface area contributed by atoms with Crippen LogP contribution in [0.5, 0.6) is 0 Å². The maximum absolute atomic E-state index is 7.17. The van der Waals surface area contributed by atoms with Gasteiger partial charge >= 0.3 is 36.9 Å². The number of hydrogen-bond donors (Lipinski definition) is 3. The van der Waals surface area contributed by atoms with E-state index in [9.17, 15) is 0 Å². The molecule has 0 heterocycles. The Bertz CT molecular complexity index is 21.6. The zero-order valence-corrected chi connectivity index (χ0v) is 7.23. The first-order valence-electron chi connectivity index (χ1n) is 0.775. The zero-order chi connectivity index (χ0) is 3.58. The summed E-state index contributed by atoms with van der Waals surface area (Å²) in [6, 6.07) is 0. The van der Waals surface area contributed by atoms with Crippen molar-refractivity contribution in [2.45, 2.75) is 0 Å². The molecular weight excluding hydrogens is 125 g/mol. The summed E-state index contributed by atoms with van der Waals surface area (Å²) in [7, 11) is -2.17. The van der Waals surface area contributed by atoms with Crippen molar-refractivity contribution in [3.8, 4) is 0 Å². The summed E-state index contributed by atoms with van der Waals surface area (Å²) in [5.41, 5.74) is 0. The van der Waals surface area contributed by atoms with Crippen molar-refractivity contribution < 1.29 is 46.1 Å². The van der Waals surface area contributed by atoms with Crippen LogP contribution >= 0.6 is 0 Å². The zero-order valence-electron chi connectivity index (χ0n) is 6.23. The van der Waals surface area contributed by atoms with Crippen LogP contribution in [0.1, 0.15) is 1.43 Å². The Hall–Kier alpha value is 1.20. The third-order valence-electron chi connectivity index (χ3n) is 0. The molecule has 0 aromatic heterocycles. The van der Waals surface area contributed by atoms with E-state index in [0.717, 1.165) is 0 Å². The Morgan fingerprint density at radius 2 is 0.778 bits per heavy atom. The SMILES string of the molecule is OB(O)O.[B].[B].[B].[B].[H-].[Na+]. The second kappa shape index (κ2) is 35.0. The van der Waals surface area contributed by atoms with Crippen LogP contribution in [0.25, 0.3) is 0 Å². The maximum Gasteiger partial charge on any atom is 1.00 e. The molecule has 0 bridgehead atoms. The minimum absolute atomic E-state index is 0. The minimum atomic E-state index is -2.17. The minimum Gasteiger partial charge on any atom is -1.00 e. The van der Waals surface area contributed by atoms with Gasteiger partial charge in [-0.3, -0.25) is 0 Å². The van der Waals surface area contributed by atoms with Crippen LogP contribution in [-0.2, 0) is 0 Å². The summed E-state index contributed by atoms with van der Waals surface area (Å²) in [5, 5.41) is 21.5. The van der Waals surface area contributed by atoms with Gasteiger partial charge in [-0.25, -0.2) is 0 Å². The molecular formula is H4B5NaO3. The van der Waals surface area contributed by atoms with Gasteiger partial charge in [0.15, 0.2) is 0 Å². The monoisotopic (exact) mass is 130 g/mol. The first-order chi connectivity index (χ1) is 1.73. The van der Waals surface area contributed by atoms with Gasteiger partial charge in [-0.1, -0.05) is 0 Å². The third kappa shape index (κ3) is 329. The van der Waals surface area contributed by atoms with Crippen molar-refractivity contribution >= 4 is 41.0 Å². The van der Waals surface area contributed by atoms with E-state index < -0.39 is 7.32 Å². The predicted octanol–water partition coefficient (Wildman–Crippen LogP) is -6.46. The van der Waals surface area contributed by atoms with E-state index >= 15 is 0 Å². The van der Waals surface area contributed by atoms with Crippen LogP contribution in [0.4, 0.5) is 0 Å². The van der Waals surface area contributed by atoms with Crippen molar-refractivity contribution in [3.05, 3.63) is 0 Å². The molecule has 38 valence electrons. The normalized spacial score (nSPS) is 3.00. The fourth-order valence-corrected chi connectivity index (χ4v) is 0. The van der Waals surface area contributed by atoms with Gasteiger partial charge in [-0.05, 0) is 0 Å². The number of rotatable bonds is 0. The van der Waals surface area contributed by atoms with Crippen molar-refractivity contribution in [3.63, 3.8) is 0 Å².